The molecule has 3 saturated heterocycles. The van der Waals surface area contributed by atoms with E-state index in [2.05, 4.69) is 13.5 Å². The van der Waals surface area contributed by atoms with Gasteiger partial charge >= 0.3 is 5.97 Å². The second kappa shape index (κ2) is 9.75. The number of fused-ring (bicyclic) bond motifs is 1. The summed E-state index contributed by atoms with van der Waals surface area (Å²) in [6.45, 7) is 12.7. The van der Waals surface area contributed by atoms with E-state index in [1.807, 2.05) is 13.8 Å². The van der Waals surface area contributed by atoms with Gasteiger partial charge in [0, 0.05) is 17.8 Å². The molecule has 0 aromatic rings. The summed E-state index contributed by atoms with van der Waals surface area (Å²) in [5, 5.41) is 10.1. The van der Waals surface area contributed by atoms with Crippen LogP contribution in [0.4, 0.5) is 0 Å². The van der Waals surface area contributed by atoms with E-state index in [9.17, 15) is 19.5 Å². The molecule has 1 N–H and O–H groups in total. The number of nitrogens with zero attached hydrogens (tertiary/aromatic N) is 2. The summed E-state index contributed by atoms with van der Waals surface area (Å²) in [6.07, 6.45) is 5.53. The first-order valence-corrected chi connectivity index (χ1v) is 12.8. The fourth-order valence-electron chi connectivity index (χ4n) is 6.01. The number of carbonyl (C=O) groups excluding carboxylic acids is 3. The summed E-state index contributed by atoms with van der Waals surface area (Å²) >= 11 is 1.64. The Bertz CT molecular complexity index is 757. The molecule has 6 atom stereocenters. The van der Waals surface area contributed by atoms with E-state index >= 15 is 0 Å². The van der Waals surface area contributed by atoms with Gasteiger partial charge in [0.15, 0.2) is 0 Å². The predicted molar refractivity (Wildman–Crippen MR) is 125 cm³/mol. The van der Waals surface area contributed by atoms with Crippen LogP contribution in [0.25, 0.3) is 0 Å². The van der Waals surface area contributed by atoms with Crippen LogP contribution in [0.1, 0.15) is 59.8 Å². The number of ether oxygens (including phenoxy) is 1. The van der Waals surface area contributed by atoms with Gasteiger partial charge in [-0.1, -0.05) is 26.3 Å². The molecule has 3 rings (SSSR count). The average Bonchev–Trinajstić information content (AvgIpc) is 3.33. The number of unbranched alkanes of at least 4 members (excludes halogenated alkanes) is 1. The summed E-state index contributed by atoms with van der Waals surface area (Å²) in [7, 11) is 0. The van der Waals surface area contributed by atoms with E-state index in [1.54, 1.807) is 34.6 Å². The van der Waals surface area contributed by atoms with Crippen LogP contribution in [0.5, 0.6) is 0 Å². The van der Waals surface area contributed by atoms with E-state index in [1.165, 1.54) is 0 Å². The van der Waals surface area contributed by atoms with Crippen LogP contribution in [0.2, 0.25) is 0 Å². The maximum atomic E-state index is 14.0. The summed E-state index contributed by atoms with van der Waals surface area (Å²) in [6, 6.07) is -1.15. The normalized spacial score (nSPS) is 33.8. The summed E-state index contributed by atoms with van der Waals surface area (Å²) in [5.41, 5.74) is 0. The van der Waals surface area contributed by atoms with Gasteiger partial charge < -0.3 is 19.6 Å². The Balaban J connectivity index is 2.09. The first-order chi connectivity index (χ1) is 15.3. The van der Waals surface area contributed by atoms with Crippen molar-refractivity contribution in [1.29, 1.82) is 0 Å². The van der Waals surface area contributed by atoms with Crippen LogP contribution >= 0.6 is 11.8 Å². The lowest BCUT2D eigenvalue weighted by Gasteiger charge is -2.39. The number of thioether (sulfide) groups is 1. The minimum Gasteiger partial charge on any atom is -0.466 e. The minimum atomic E-state index is -0.694. The summed E-state index contributed by atoms with van der Waals surface area (Å²) < 4.78 is 4.30. The van der Waals surface area contributed by atoms with Crippen molar-refractivity contribution in [1.82, 2.24) is 9.80 Å². The Kier molecular flexibility index (Phi) is 7.65. The largest absolute Gasteiger partial charge is 0.466 e. The number of aliphatic hydroxyl groups excluding tert-OH is 1. The molecule has 180 valence electrons. The third-order valence-electron chi connectivity index (χ3n) is 7.51. The molecular weight excluding hydrogens is 428 g/mol. The van der Waals surface area contributed by atoms with Gasteiger partial charge in [-0.3, -0.25) is 14.4 Å². The van der Waals surface area contributed by atoms with Crippen molar-refractivity contribution in [3.8, 4) is 0 Å². The van der Waals surface area contributed by atoms with Gasteiger partial charge in [0.05, 0.1) is 35.8 Å². The molecule has 3 heterocycles. The number of carbonyl (C=O) groups is 3. The standard InChI is InChI=1S/C24H38N2O5S/c1-6-10-14-25(13-7-2)21(29)19-24-12-11-23(5,32-24)18(22(30)31-9-4)17(24)20(28)26(19)16(8-3)15-27/h7,16-19,27H,2,6,8-15H2,1,3-5H3/t16-,17-,18+,19?,23-,24?/m0/s1. The highest BCUT2D eigenvalue weighted by Crippen LogP contribution is 2.71. The van der Waals surface area contributed by atoms with Crippen molar-refractivity contribution >= 4 is 29.5 Å². The second-order valence-corrected chi connectivity index (χ2v) is 11.3. The molecule has 7 nitrogen and oxygen atoms in total. The molecule has 32 heavy (non-hydrogen) atoms. The van der Waals surface area contributed by atoms with Crippen molar-refractivity contribution in [2.45, 2.75) is 81.4 Å². The van der Waals surface area contributed by atoms with Crippen molar-refractivity contribution in [2.24, 2.45) is 11.8 Å². The van der Waals surface area contributed by atoms with Gasteiger partial charge in [-0.15, -0.1) is 18.3 Å². The lowest BCUT2D eigenvalue weighted by molar-refractivity contribution is -0.155. The van der Waals surface area contributed by atoms with E-state index in [4.69, 9.17) is 4.74 Å². The number of aliphatic hydroxyl groups is 1. The molecule has 3 aliphatic heterocycles. The van der Waals surface area contributed by atoms with Gasteiger partial charge in [0.25, 0.3) is 0 Å². The maximum Gasteiger partial charge on any atom is 0.311 e. The first kappa shape index (κ1) is 25.1. The highest BCUT2D eigenvalue weighted by atomic mass is 32.2. The van der Waals surface area contributed by atoms with Crippen LogP contribution in [-0.4, -0.2) is 80.6 Å². The molecule has 0 saturated carbocycles. The quantitative estimate of drug-likeness (QED) is 0.372. The van der Waals surface area contributed by atoms with Crippen molar-refractivity contribution < 1.29 is 24.2 Å². The number of amides is 2. The van der Waals surface area contributed by atoms with E-state index in [0.29, 0.717) is 25.9 Å². The second-order valence-electron chi connectivity index (χ2n) is 9.40. The summed E-state index contributed by atoms with van der Waals surface area (Å²) in [5.74, 6) is -1.80. The molecule has 8 heteroatoms. The van der Waals surface area contributed by atoms with Crippen molar-refractivity contribution in [2.75, 3.05) is 26.3 Å². The molecule has 2 unspecified atom stereocenters. The number of likely N-dealkylation sites (tertiary alicyclic amines) is 1. The van der Waals surface area contributed by atoms with Gasteiger partial charge in [0.2, 0.25) is 11.8 Å². The molecule has 2 amide bonds. The van der Waals surface area contributed by atoms with Gasteiger partial charge in [0.1, 0.15) is 6.04 Å². The van der Waals surface area contributed by atoms with E-state index in [0.717, 1.165) is 19.3 Å². The molecular formula is C24H38N2O5S. The third-order valence-corrected chi connectivity index (χ3v) is 9.49. The summed E-state index contributed by atoms with van der Waals surface area (Å²) in [4.78, 5) is 44.4. The molecule has 0 aromatic carbocycles. The number of hydrogen-bond donors (Lipinski definition) is 1. The molecule has 3 fully saturated rings. The van der Waals surface area contributed by atoms with Gasteiger partial charge in [-0.25, -0.2) is 0 Å². The Labute approximate surface area is 195 Å². The van der Waals surface area contributed by atoms with Crippen LogP contribution in [0, 0.1) is 11.8 Å². The third kappa shape index (κ3) is 3.77. The smallest absolute Gasteiger partial charge is 0.311 e. The van der Waals surface area contributed by atoms with Gasteiger partial charge in [-0.05, 0) is 39.5 Å². The fraction of sp³-hybridized carbons (Fsp3) is 0.792. The minimum absolute atomic E-state index is 0.0950. The Hall–Kier alpha value is -1.54. The molecule has 2 bridgehead atoms. The highest BCUT2D eigenvalue weighted by Gasteiger charge is 2.78. The highest BCUT2D eigenvalue weighted by molar-refractivity contribution is 8.02. The van der Waals surface area contributed by atoms with Crippen molar-refractivity contribution in [3.63, 3.8) is 0 Å². The van der Waals surface area contributed by atoms with E-state index in [-0.39, 0.29) is 31.0 Å². The molecule has 1 spiro atoms. The zero-order valence-electron chi connectivity index (χ0n) is 19.8. The number of esters is 1. The molecule has 0 aromatic heterocycles. The van der Waals surface area contributed by atoms with Crippen LogP contribution in [0.15, 0.2) is 12.7 Å². The zero-order valence-corrected chi connectivity index (χ0v) is 20.7. The van der Waals surface area contributed by atoms with Crippen LogP contribution in [0.3, 0.4) is 0 Å². The van der Waals surface area contributed by atoms with Crippen LogP contribution < -0.4 is 0 Å². The van der Waals surface area contributed by atoms with Crippen LogP contribution in [-0.2, 0) is 19.1 Å². The molecule has 0 aliphatic carbocycles. The van der Waals surface area contributed by atoms with Gasteiger partial charge in [-0.2, -0.15) is 0 Å². The first-order valence-electron chi connectivity index (χ1n) is 12.0. The maximum absolute atomic E-state index is 14.0. The lowest BCUT2D eigenvalue weighted by Crippen LogP contribution is -2.57. The fourth-order valence-corrected chi connectivity index (χ4v) is 8.33. The van der Waals surface area contributed by atoms with Crippen molar-refractivity contribution in [3.05, 3.63) is 12.7 Å². The lowest BCUT2D eigenvalue weighted by atomic mass is 9.66. The number of hydrogen-bond acceptors (Lipinski definition) is 6. The molecule has 0 radical (unpaired) electrons. The molecule has 3 aliphatic rings. The Morgan fingerprint density at radius 1 is 1.38 bits per heavy atom. The Morgan fingerprint density at radius 3 is 2.66 bits per heavy atom. The predicted octanol–water partition coefficient (Wildman–Crippen LogP) is 2.62. The number of rotatable bonds is 11. The Morgan fingerprint density at radius 2 is 2.09 bits per heavy atom. The average molecular weight is 467 g/mol. The zero-order chi connectivity index (χ0) is 23.7. The SMILES string of the molecule is C=CCN(CCCC)C(=O)C1N([C@@H](CC)CO)C(=O)[C@@H]2[C@H](C(=O)OCC)[C@]3(C)CCC12S3. The van der Waals surface area contributed by atoms with E-state index < -0.39 is 33.4 Å². The monoisotopic (exact) mass is 466 g/mol. The topological polar surface area (TPSA) is 87.2 Å².